The van der Waals surface area contributed by atoms with Gasteiger partial charge in [0.15, 0.2) is 5.75 Å². The van der Waals surface area contributed by atoms with Gasteiger partial charge in [0.1, 0.15) is 5.92 Å². The molecule has 0 saturated carbocycles. The predicted octanol–water partition coefficient (Wildman–Crippen LogP) is 4.38. The Kier molecular flexibility index (Phi) is 5.41. The molecule has 0 radical (unpaired) electrons. The number of halogens is 3. The highest BCUT2D eigenvalue weighted by Gasteiger charge is 2.28. The number of nitrogens with one attached hydrogen (secondary N) is 1. The van der Waals surface area contributed by atoms with E-state index in [-0.39, 0.29) is 27.2 Å². The molecule has 1 unspecified atom stereocenters. The molecule has 26 heavy (non-hydrogen) atoms. The highest BCUT2D eigenvalue weighted by atomic mass is 35.5. The highest BCUT2D eigenvalue weighted by Crippen LogP contribution is 2.34. The van der Waals surface area contributed by atoms with Gasteiger partial charge in [-0.05, 0) is 24.1 Å². The van der Waals surface area contributed by atoms with Crippen LogP contribution in [0.5, 0.6) is 5.75 Å². The van der Waals surface area contributed by atoms with Crippen LogP contribution in [0.15, 0.2) is 42.6 Å². The van der Waals surface area contributed by atoms with E-state index in [4.69, 9.17) is 45.3 Å². The van der Waals surface area contributed by atoms with Crippen LogP contribution >= 0.6 is 34.8 Å². The number of amides is 1. The van der Waals surface area contributed by atoms with Crippen molar-refractivity contribution >= 4 is 57.6 Å². The number of ether oxygens (including phenoxy) is 1. The molecule has 3 rings (SSSR count). The molecule has 0 aliphatic carbocycles. The van der Waals surface area contributed by atoms with Crippen LogP contribution in [0.1, 0.15) is 5.56 Å². The zero-order chi connectivity index (χ0) is 18.8. The standard InChI is InChI=1S/C18H13Cl3N2O3/c19-12-6-14(21)16(7-13(12)20)26-18(25)11(17(22)24)5-9-8-23-15-4-2-1-3-10(9)15/h1-4,6-8,11,23H,5H2,(H2,22,24). The topological polar surface area (TPSA) is 85.2 Å². The number of aromatic nitrogens is 1. The van der Waals surface area contributed by atoms with Crippen LogP contribution in [0, 0.1) is 5.92 Å². The average Bonchev–Trinajstić information content (AvgIpc) is 3.00. The minimum absolute atomic E-state index is 0.0104. The van der Waals surface area contributed by atoms with Crippen LogP contribution in [0.3, 0.4) is 0 Å². The van der Waals surface area contributed by atoms with Gasteiger partial charge in [-0.3, -0.25) is 9.59 Å². The van der Waals surface area contributed by atoms with Crippen molar-refractivity contribution in [2.24, 2.45) is 11.7 Å². The van der Waals surface area contributed by atoms with E-state index in [1.165, 1.54) is 12.1 Å². The molecule has 0 spiro atoms. The van der Waals surface area contributed by atoms with E-state index in [9.17, 15) is 9.59 Å². The third-order valence-corrected chi connectivity index (χ3v) is 4.93. The number of benzene rings is 2. The highest BCUT2D eigenvalue weighted by molar-refractivity contribution is 6.43. The molecular formula is C18H13Cl3N2O3. The number of hydrogen-bond acceptors (Lipinski definition) is 3. The number of carbonyl (C=O) groups is 2. The average molecular weight is 412 g/mol. The minimum Gasteiger partial charge on any atom is -0.424 e. The number of esters is 1. The molecule has 0 fully saturated rings. The first-order chi connectivity index (χ1) is 12.4. The molecule has 1 amide bonds. The molecule has 0 aliphatic rings. The van der Waals surface area contributed by atoms with Crippen LogP contribution in [0.2, 0.25) is 15.1 Å². The van der Waals surface area contributed by atoms with Crippen molar-refractivity contribution in [3.8, 4) is 5.75 Å². The Bertz CT molecular complexity index is 1000. The van der Waals surface area contributed by atoms with E-state index >= 15 is 0 Å². The van der Waals surface area contributed by atoms with Gasteiger partial charge in [-0.25, -0.2) is 0 Å². The van der Waals surface area contributed by atoms with Gasteiger partial charge < -0.3 is 15.5 Å². The summed E-state index contributed by atoms with van der Waals surface area (Å²) in [5.41, 5.74) is 7.09. The van der Waals surface area contributed by atoms with Crippen LogP contribution in [-0.4, -0.2) is 16.9 Å². The quantitative estimate of drug-likeness (QED) is 0.283. The summed E-state index contributed by atoms with van der Waals surface area (Å²) in [6.07, 6.45) is 1.83. The van der Waals surface area contributed by atoms with E-state index < -0.39 is 17.8 Å². The van der Waals surface area contributed by atoms with Gasteiger partial charge in [0.25, 0.3) is 0 Å². The molecule has 2 aromatic carbocycles. The van der Waals surface area contributed by atoms with Gasteiger partial charge >= 0.3 is 5.97 Å². The van der Waals surface area contributed by atoms with Gasteiger partial charge in [0, 0.05) is 23.2 Å². The third-order valence-electron chi connectivity index (χ3n) is 3.91. The fourth-order valence-electron chi connectivity index (χ4n) is 2.58. The summed E-state index contributed by atoms with van der Waals surface area (Å²) in [6, 6.07) is 10.2. The second kappa shape index (κ2) is 7.58. The molecule has 0 saturated heterocycles. The maximum atomic E-state index is 12.5. The summed E-state index contributed by atoms with van der Waals surface area (Å²) in [7, 11) is 0. The molecule has 134 valence electrons. The Hall–Kier alpha value is -2.21. The molecule has 1 aromatic heterocycles. The number of aromatic amines is 1. The van der Waals surface area contributed by atoms with Gasteiger partial charge in [0.05, 0.1) is 15.1 Å². The van der Waals surface area contributed by atoms with Crippen molar-refractivity contribution in [2.75, 3.05) is 0 Å². The number of para-hydroxylation sites is 1. The summed E-state index contributed by atoms with van der Waals surface area (Å²) in [5, 5.41) is 1.40. The number of hydrogen-bond donors (Lipinski definition) is 2. The monoisotopic (exact) mass is 410 g/mol. The van der Waals surface area contributed by atoms with Crippen molar-refractivity contribution in [3.05, 3.63) is 63.2 Å². The molecule has 5 nitrogen and oxygen atoms in total. The molecule has 3 N–H and O–H groups in total. The Morgan fingerprint density at radius 1 is 1.08 bits per heavy atom. The van der Waals surface area contributed by atoms with Crippen LogP contribution in [0.4, 0.5) is 0 Å². The first-order valence-electron chi connectivity index (χ1n) is 7.57. The fraction of sp³-hybridized carbons (Fsp3) is 0.111. The maximum absolute atomic E-state index is 12.5. The largest absolute Gasteiger partial charge is 0.424 e. The maximum Gasteiger partial charge on any atom is 0.324 e. The van der Waals surface area contributed by atoms with Gasteiger partial charge in [0.2, 0.25) is 5.91 Å². The molecule has 1 atom stereocenters. The number of carbonyl (C=O) groups excluding carboxylic acids is 2. The number of H-pyrrole nitrogens is 1. The molecule has 8 heteroatoms. The molecule has 1 heterocycles. The Balaban J connectivity index is 1.85. The normalized spacial score (nSPS) is 12.1. The van der Waals surface area contributed by atoms with E-state index in [1.807, 2.05) is 24.3 Å². The zero-order valence-electron chi connectivity index (χ0n) is 13.3. The molecule has 0 bridgehead atoms. The van der Waals surface area contributed by atoms with Crippen molar-refractivity contribution in [2.45, 2.75) is 6.42 Å². The van der Waals surface area contributed by atoms with E-state index in [0.29, 0.717) is 0 Å². The molecule has 3 aromatic rings. The van der Waals surface area contributed by atoms with Crippen molar-refractivity contribution in [3.63, 3.8) is 0 Å². The second-order valence-corrected chi connectivity index (χ2v) is 6.86. The SMILES string of the molecule is NC(=O)C(Cc1c[nH]c2ccccc12)C(=O)Oc1cc(Cl)c(Cl)cc1Cl. The minimum atomic E-state index is -1.18. The fourth-order valence-corrected chi connectivity index (χ4v) is 3.16. The smallest absolute Gasteiger partial charge is 0.324 e. The lowest BCUT2D eigenvalue weighted by atomic mass is 9.98. The number of nitrogens with two attached hydrogens (primary N) is 1. The number of fused-ring (bicyclic) bond motifs is 1. The Morgan fingerprint density at radius 2 is 1.77 bits per heavy atom. The summed E-state index contributed by atoms with van der Waals surface area (Å²) in [4.78, 5) is 27.4. The predicted molar refractivity (Wildman–Crippen MR) is 102 cm³/mol. The summed E-state index contributed by atoms with van der Waals surface area (Å²) in [5.74, 6) is -2.78. The lowest BCUT2D eigenvalue weighted by Crippen LogP contribution is -2.35. The van der Waals surface area contributed by atoms with E-state index in [0.717, 1.165) is 16.5 Å². The summed E-state index contributed by atoms with van der Waals surface area (Å²) in [6.45, 7) is 0. The first kappa shape index (κ1) is 18.6. The van der Waals surface area contributed by atoms with Crippen molar-refractivity contribution < 1.29 is 14.3 Å². The van der Waals surface area contributed by atoms with Crippen LogP contribution in [0.25, 0.3) is 10.9 Å². The summed E-state index contributed by atoms with van der Waals surface area (Å²) >= 11 is 17.8. The molecule has 0 aliphatic heterocycles. The van der Waals surface area contributed by atoms with Crippen LogP contribution < -0.4 is 10.5 Å². The van der Waals surface area contributed by atoms with Crippen LogP contribution in [-0.2, 0) is 16.0 Å². The zero-order valence-corrected chi connectivity index (χ0v) is 15.5. The molecular weight excluding hydrogens is 399 g/mol. The first-order valence-corrected chi connectivity index (χ1v) is 8.70. The third kappa shape index (κ3) is 3.80. The lowest BCUT2D eigenvalue weighted by Gasteiger charge is -2.14. The van der Waals surface area contributed by atoms with Crippen molar-refractivity contribution in [1.82, 2.24) is 4.98 Å². The van der Waals surface area contributed by atoms with E-state index in [1.54, 1.807) is 6.20 Å². The van der Waals surface area contributed by atoms with Gasteiger partial charge in [-0.2, -0.15) is 0 Å². The number of primary amides is 1. The Labute approximate surface area is 164 Å². The summed E-state index contributed by atoms with van der Waals surface area (Å²) < 4.78 is 5.24. The number of rotatable bonds is 5. The van der Waals surface area contributed by atoms with Crippen molar-refractivity contribution in [1.29, 1.82) is 0 Å². The van der Waals surface area contributed by atoms with Gasteiger partial charge in [-0.1, -0.05) is 53.0 Å². The lowest BCUT2D eigenvalue weighted by molar-refractivity contribution is -0.143. The second-order valence-electron chi connectivity index (χ2n) is 5.64. The Morgan fingerprint density at radius 3 is 2.50 bits per heavy atom. The van der Waals surface area contributed by atoms with Gasteiger partial charge in [-0.15, -0.1) is 0 Å². The van der Waals surface area contributed by atoms with E-state index in [2.05, 4.69) is 4.98 Å².